The van der Waals surface area contributed by atoms with Gasteiger partial charge in [0.2, 0.25) is 17.7 Å². The molecule has 0 radical (unpaired) electrons. The fourth-order valence-corrected chi connectivity index (χ4v) is 9.45. The lowest BCUT2D eigenvalue weighted by Crippen LogP contribution is -2.57. The van der Waals surface area contributed by atoms with Gasteiger partial charge in [0.05, 0.1) is 29.2 Å². The Hall–Kier alpha value is -2.55. The Morgan fingerprint density at radius 3 is 2.46 bits per heavy atom. The van der Waals surface area contributed by atoms with Crippen LogP contribution in [0.1, 0.15) is 39.2 Å². The highest BCUT2D eigenvalue weighted by molar-refractivity contribution is 8.02. The van der Waals surface area contributed by atoms with Crippen molar-refractivity contribution in [3.8, 4) is 0 Å². The van der Waals surface area contributed by atoms with Crippen molar-refractivity contribution in [1.29, 1.82) is 0 Å². The normalized spacial score (nSPS) is 29.9. The van der Waals surface area contributed by atoms with Gasteiger partial charge in [0.1, 0.15) is 6.04 Å². The first kappa shape index (κ1) is 28.0. The lowest BCUT2D eigenvalue weighted by molar-refractivity contribution is -0.142. The van der Waals surface area contributed by atoms with E-state index in [1.54, 1.807) is 40.9 Å². The number of nitrogens with one attached hydrogen (secondary N) is 2. The maximum atomic E-state index is 14.3. The van der Waals surface area contributed by atoms with Gasteiger partial charge in [-0.25, -0.2) is 0 Å². The number of halogens is 1. The molecule has 3 unspecified atom stereocenters. The predicted octanol–water partition coefficient (Wildman–Crippen LogP) is 4.34. The average molecular weight is 570 g/mol. The van der Waals surface area contributed by atoms with Crippen molar-refractivity contribution in [2.24, 2.45) is 23.7 Å². The number of aliphatic hydroxyl groups excluding tert-OH is 1. The lowest BCUT2D eigenvalue weighted by Gasteiger charge is -2.40. The Morgan fingerprint density at radius 2 is 1.82 bits per heavy atom. The maximum absolute atomic E-state index is 14.3. The topological polar surface area (TPSA) is 98.7 Å². The summed E-state index contributed by atoms with van der Waals surface area (Å²) in [5.41, 5.74) is 1.57. The van der Waals surface area contributed by atoms with E-state index in [1.165, 1.54) is 0 Å². The summed E-state index contributed by atoms with van der Waals surface area (Å²) in [6.45, 7) is 6.30. The van der Waals surface area contributed by atoms with Crippen molar-refractivity contribution < 1.29 is 19.5 Å². The molecule has 7 atom stereocenters. The minimum atomic E-state index is -0.807. The average Bonchev–Trinajstić information content (AvgIpc) is 3.51. The number of fused-ring (bicyclic) bond motifs is 1. The molecule has 2 bridgehead atoms. The molecule has 0 saturated carbocycles. The minimum Gasteiger partial charge on any atom is -0.394 e. The smallest absolute Gasteiger partial charge is 0.248 e. The van der Waals surface area contributed by atoms with Gasteiger partial charge in [-0.2, -0.15) is 0 Å². The van der Waals surface area contributed by atoms with Crippen LogP contribution in [0.15, 0.2) is 54.6 Å². The molecular weight excluding hydrogens is 534 g/mol. The van der Waals surface area contributed by atoms with Crippen LogP contribution in [0.3, 0.4) is 0 Å². The number of nitrogens with zero attached hydrogens (tertiary/aromatic N) is 1. The van der Waals surface area contributed by atoms with E-state index in [0.717, 1.165) is 12.0 Å². The summed E-state index contributed by atoms with van der Waals surface area (Å²) in [7, 11) is 0. The van der Waals surface area contributed by atoms with Crippen LogP contribution in [-0.2, 0) is 20.9 Å². The Morgan fingerprint density at radius 1 is 1.13 bits per heavy atom. The van der Waals surface area contributed by atoms with E-state index in [9.17, 15) is 19.5 Å². The summed E-state index contributed by atoms with van der Waals surface area (Å²) < 4.78 is -0.753. The first-order chi connectivity index (χ1) is 18.7. The number of hydrogen-bond donors (Lipinski definition) is 3. The molecule has 3 fully saturated rings. The van der Waals surface area contributed by atoms with Gasteiger partial charge in [0.25, 0.3) is 0 Å². The standard InChI is InChI=1S/C30H36ClN3O4S/c1-17(2)13-22(16-35)34-26(28(37)33-21-11-9-20(31)10-12-21)30-18(3)14-23(39-30)24(25(30)29(34)38)27(36)32-15-19-7-5-4-6-8-19/h4-12,17-18,22-26,35H,13-16H2,1-3H3,(H,32,36)(H,33,37)/t18?,22-,23-,24+,25+,26?,30?/m1/s1. The fourth-order valence-electron chi connectivity index (χ4n) is 6.92. The van der Waals surface area contributed by atoms with E-state index in [-0.39, 0.29) is 41.4 Å². The number of amides is 3. The molecule has 1 spiro atoms. The molecule has 3 heterocycles. The zero-order valence-corrected chi connectivity index (χ0v) is 24.0. The van der Waals surface area contributed by atoms with Crippen LogP contribution in [0.5, 0.6) is 0 Å². The Balaban J connectivity index is 1.50. The number of carbonyl (C=O) groups is 3. The molecule has 3 amide bonds. The lowest BCUT2D eigenvalue weighted by atomic mass is 9.66. The molecule has 39 heavy (non-hydrogen) atoms. The van der Waals surface area contributed by atoms with Gasteiger partial charge >= 0.3 is 0 Å². The van der Waals surface area contributed by atoms with E-state index in [4.69, 9.17) is 11.6 Å². The zero-order chi connectivity index (χ0) is 27.9. The summed E-state index contributed by atoms with van der Waals surface area (Å²) in [5, 5.41) is 17.0. The molecule has 208 valence electrons. The van der Waals surface area contributed by atoms with Gasteiger partial charge in [0.15, 0.2) is 0 Å². The zero-order valence-electron chi connectivity index (χ0n) is 22.5. The molecule has 3 N–H and O–H groups in total. The van der Waals surface area contributed by atoms with Crippen LogP contribution < -0.4 is 10.6 Å². The van der Waals surface area contributed by atoms with Crippen LogP contribution in [0.25, 0.3) is 0 Å². The van der Waals surface area contributed by atoms with Gasteiger partial charge in [-0.1, -0.05) is 62.7 Å². The second kappa shape index (κ2) is 11.1. The van der Waals surface area contributed by atoms with E-state index in [2.05, 4.69) is 17.6 Å². The predicted molar refractivity (Wildman–Crippen MR) is 154 cm³/mol. The molecule has 5 rings (SSSR count). The van der Waals surface area contributed by atoms with Crippen molar-refractivity contribution in [3.05, 3.63) is 65.2 Å². The quantitative estimate of drug-likeness (QED) is 0.417. The van der Waals surface area contributed by atoms with Gasteiger partial charge in [-0.3, -0.25) is 14.4 Å². The molecule has 7 nitrogen and oxygen atoms in total. The van der Waals surface area contributed by atoms with Gasteiger partial charge in [0, 0.05) is 22.5 Å². The van der Waals surface area contributed by atoms with Gasteiger partial charge in [-0.15, -0.1) is 11.8 Å². The van der Waals surface area contributed by atoms with Crippen LogP contribution in [0.4, 0.5) is 5.69 Å². The molecule has 2 aromatic rings. The molecule has 3 aliphatic heterocycles. The largest absolute Gasteiger partial charge is 0.394 e. The van der Waals surface area contributed by atoms with Crippen molar-refractivity contribution in [2.45, 2.75) is 62.2 Å². The molecule has 0 aliphatic carbocycles. The number of thioether (sulfide) groups is 1. The molecule has 3 saturated heterocycles. The van der Waals surface area contributed by atoms with E-state index >= 15 is 0 Å². The number of hydrogen-bond acceptors (Lipinski definition) is 5. The summed E-state index contributed by atoms with van der Waals surface area (Å²) >= 11 is 7.68. The second-order valence-corrected chi connectivity index (χ2v) is 13.4. The first-order valence-electron chi connectivity index (χ1n) is 13.7. The molecule has 0 aromatic heterocycles. The van der Waals surface area contributed by atoms with E-state index in [1.807, 2.05) is 44.2 Å². The third kappa shape index (κ3) is 4.96. The number of anilines is 1. The number of likely N-dealkylation sites (tertiary alicyclic amines) is 1. The highest BCUT2D eigenvalue weighted by atomic mass is 35.5. The first-order valence-corrected chi connectivity index (χ1v) is 14.9. The van der Waals surface area contributed by atoms with Gasteiger partial charge in [-0.05, 0) is 54.5 Å². The molecule has 2 aromatic carbocycles. The van der Waals surface area contributed by atoms with E-state index < -0.39 is 28.7 Å². The second-order valence-electron chi connectivity index (χ2n) is 11.5. The molecule has 3 aliphatic rings. The van der Waals surface area contributed by atoms with Crippen molar-refractivity contribution in [3.63, 3.8) is 0 Å². The number of benzene rings is 2. The highest BCUT2D eigenvalue weighted by Crippen LogP contribution is 2.68. The minimum absolute atomic E-state index is 0.0454. The number of aliphatic hydroxyl groups is 1. The number of rotatable bonds is 9. The third-order valence-corrected chi connectivity index (χ3v) is 10.8. The van der Waals surface area contributed by atoms with Crippen molar-refractivity contribution in [2.75, 3.05) is 11.9 Å². The Bertz CT molecular complexity index is 1230. The summed E-state index contributed by atoms with van der Waals surface area (Å²) in [4.78, 5) is 43.7. The maximum Gasteiger partial charge on any atom is 0.248 e. The van der Waals surface area contributed by atoms with Crippen LogP contribution in [0.2, 0.25) is 5.02 Å². The Kier molecular flexibility index (Phi) is 8.00. The Labute approximate surface area is 239 Å². The molecular formula is C30H36ClN3O4S. The summed E-state index contributed by atoms with van der Waals surface area (Å²) in [6, 6.07) is 15.2. The van der Waals surface area contributed by atoms with Crippen molar-refractivity contribution >= 4 is 46.8 Å². The molecule has 9 heteroatoms. The third-order valence-electron chi connectivity index (χ3n) is 8.50. The van der Waals surface area contributed by atoms with Crippen LogP contribution in [0, 0.1) is 23.7 Å². The SMILES string of the molecule is CC(C)C[C@H](CO)N1C(=O)[C@@H]2[C@@H](C(=O)NCc3ccccc3)[C@H]3CC(C)C2(S3)C1C(=O)Nc1ccc(Cl)cc1. The fraction of sp³-hybridized carbons (Fsp3) is 0.500. The van der Waals surface area contributed by atoms with Gasteiger partial charge < -0.3 is 20.6 Å². The monoisotopic (exact) mass is 569 g/mol. The van der Waals surface area contributed by atoms with E-state index in [0.29, 0.717) is 23.7 Å². The number of carbonyl (C=O) groups excluding carboxylic acids is 3. The van der Waals surface area contributed by atoms with Crippen molar-refractivity contribution in [1.82, 2.24) is 10.2 Å². The van der Waals surface area contributed by atoms with Crippen LogP contribution >= 0.6 is 23.4 Å². The highest BCUT2D eigenvalue weighted by Gasteiger charge is 2.76. The summed E-state index contributed by atoms with van der Waals surface area (Å²) in [5.74, 6) is -1.55. The van der Waals surface area contributed by atoms with Crippen LogP contribution in [-0.4, -0.2) is 56.4 Å². The summed E-state index contributed by atoms with van der Waals surface area (Å²) in [6.07, 6.45) is 1.31.